The predicted octanol–water partition coefficient (Wildman–Crippen LogP) is 3.21. The van der Waals surface area contributed by atoms with Crippen LogP contribution in [0.5, 0.6) is 11.8 Å². The largest absolute Gasteiger partial charge is 0.480 e. The number of hydrogen-bond acceptors (Lipinski definition) is 8. The smallest absolute Gasteiger partial charge is 0.343 e. The Morgan fingerprint density at radius 2 is 1.10 bits per heavy atom. The van der Waals surface area contributed by atoms with Crippen molar-refractivity contribution in [2.45, 2.75) is 13.2 Å². The van der Waals surface area contributed by atoms with E-state index in [4.69, 9.17) is 18.9 Å². The summed E-state index contributed by atoms with van der Waals surface area (Å²) in [5.74, 6) is -0.624. The second kappa shape index (κ2) is 10.0. The lowest BCUT2D eigenvalue weighted by molar-refractivity contribution is 0.0455. The number of rotatable bonds is 8. The van der Waals surface area contributed by atoms with Gasteiger partial charge in [-0.1, -0.05) is 24.3 Å². The van der Waals surface area contributed by atoms with Crippen molar-refractivity contribution in [1.29, 1.82) is 0 Å². The highest BCUT2D eigenvalue weighted by Gasteiger charge is 2.15. The van der Waals surface area contributed by atoms with Crippen LogP contribution in [0.25, 0.3) is 0 Å². The monoisotopic (exact) mass is 408 g/mol. The van der Waals surface area contributed by atoms with Gasteiger partial charge in [0.25, 0.3) is 0 Å². The molecule has 0 aliphatic heterocycles. The summed E-state index contributed by atoms with van der Waals surface area (Å²) >= 11 is 0. The van der Waals surface area contributed by atoms with Crippen molar-refractivity contribution in [3.63, 3.8) is 0 Å². The molecule has 154 valence electrons. The lowest BCUT2D eigenvalue weighted by Crippen LogP contribution is -2.09. The molecule has 0 aliphatic rings. The fourth-order valence-corrected chi connectivity index (χ4v) is 2.60. The number of methoxy groups -OCH3 is 2. The summed E-state index contributed by atoms with van der Waals surface area (Å²) in [5.41, 5.74) is 2.09. The van der Waals surface area contributed by atoms with Crippen molar-refractivity contribution in [3.8, 4) is 11.8 Å². The van der Waals surface area contributed by atoms with Gasteiger partial charge >= 0.3 is 11.9 Å². The van der Waals surface area contributed by atoms with E-state index in [1.807, 2.05) is 0 Å². The number of pyridine rings is 2. The van der Waals surface area contributed by atoms with Gasteiger partial charge in [-0.25, -0.2) is 19.6 Å². The third-order valence-corrected chi connectivity index (χ3v) is 4.13. The molecule has 0 radical (unpaired) electrons. The molecule has 8 heteroatoms. The van der Waals surface area contributed by atoms with Crippen molar-refractivity contribution in [2.75, 3.05) is 14.2 Å². The number of hydrogen-bond donors (Lipinski definition) is 0. The van der Waals surface area contributed by atoms with E-state index in [2.05, 4.69) is 9.97 Å². The molecule has 0 saturated heterocycles. The highest BCUT2D eigenvalue weighted by Crippen LogP contribution is 2.17. The van der Waals surface area contributed by atoms with Gasteiger partial charge in [-0.3, -0.25) is 0 Å². The molecule has 0 N–H and O–H groups in total. The molecule has 0 aliphatic carbocycles. The van der Waals surface area contributed by atoms with Crippen molar-refractivity contribution in [3.05, 3.63) is 83.2 Å². The van der Waals surface area contributed by atoms with E-state index in [0.29, 0.717) is 0 Å². The van der Waals surface area contributed by atoms with Crippen molar-refractivity contribution in [2.24, 2.45) is 0 Å². The molecule has 0 spiro atoms. The molecule has 2 heterocycles. The summed E-state index contributed by atoms with van der Waals surface area (Å²) in [6.45, 7) is 0.174. The van der Waals surface area contributed by atoms with Gasteiger partial charge in [-0.2, -0.15) is 0 Å². The number of benzene rings is 1. The van der Waals surface area contributed by atoms with Crippen molar-refractivity contribution < 1.29 is 28.5 Å². The predicted molar refractivity (Wildman–Crippen MR) is 106 cm³/mol. The Bertz CT molecular complexity index is 938. The number of carbonyl (C=O) groups excluding carboxylic acids is 2. The molecule has 1 aromatic carbocycles. The Hall–Kier alpha value is -3.94. The molecule has 0 bridgehead atoms. The van der Waals surface area contributed by atoms with Gasteiger partial charge in [0.15, 0.2) is 0 Å². The molecular formula is C22H20N2O6. The van der Waals surface area contributed by atoms with E-state index in [0.717, 1.165) is 11.1 Å². The summed E-state index contributed by atoms with van der Waals surface area (Å²) in [4.78, 5) is 32.4. The van der Waals surface area contributed by atoms with Gasteiger partial charge in [-0.05, 0) is 35.4 Å². The highest BCUT2D eigenvalue weighted by atomic mass is 16.5. The summed E-state index contributed by atoms with van der Waals surface area (Å²) in [7, 11) is 2.88. The third-order valence-electron chi connectivity index (χ3n) is 4.13. The second-order valence-corrected chi connectivity index (χ2v) is 6.09. The van der Waals surface area contributed by atoms with Crippen LogP contribution in [0.1, 0.15) is 31.8 Å². The maximum atomic E-state index is 12.2. The molecule has 3 rings (SSSR count). The molecule has 0 amide bonds. The van der Waals surface area contributed by atoms with E-state index in [1.165, 1.54) is 26.6 Å². The first-order valence-electron chi connectivity index (χ1n) is 9.02. The SMILES string of the molecule is COc1ncccc1C(=O)OCc1ccc(COC(=O)c2cccnc2OC)cc1. The van der Waals surface area contributed by atoms with Crippen LogP contribution in [0.3, 0.4) is 0 Å². The zero-order valence-corrected chi connectivity index (χ0v) is 16.5. The minimum Gasteiger partial charge on any atom is -0.480 e. The van der Waals surface area contributed by atoms with Crippen molar-refractivity contribution in [1.82, 2.24) is 9.97 Å². The third kappa shape index (κ3) is 5.11. The van der Waals surface area contributed by atoms with Gasteiger partial charge in [0.2, 0.25) is 11.8 Å². The summed E-state index contributed by atoms with van der Waals surface area (Å²) in [6, 6.07) is 13.6. The van der Waals surface area contributed by atoms with Gasteiger partial charge in [-0.15, -0.1) is 0 Å². The molecule has 0 atom stereocenters. The molecule has 30 heavy (non-hydrogen) atoms. The highest BCUT2D eigenvalue weighted by molar-refractivity contribution is 5.92. The summed E-state index contributed by atoms with van der Waals surface area (Å²) < 4.78 is 20.7. The number of esters is 2. The second-order valence-electron chi connectivity index (χ2n) is 6.09. The first-order chi connectivity index (χ1) is 14.6. The molecule has 0 fully saturated rings. The van der Waals surface area contributed by atoms with E-state index >= 15 is 0 Å². The van der Waals surface area contributed by atoms with Crippen LogP contribution < -0.4 is 9.47 Å². The number of nitrogens with zero attached hydrogens (tertiary/aromatic N) is 2. The van der Waals surface area contributed by atoms with E-state index < -0.39 is 11.9 Å². The summed E-state index contributed by atoms with van der Waals surface area (Å²) in [6.07, 6.45) is 3.07. The van der Waals surface area contributed by atoms with Crippen LogP contribution in [0, 0.1) is 0 Å². The maximum Gasteiger partial charge on any atom is 0.343 e. The standard InChI is InChI=1S/C22H20N2O6/c1-27-19-17(5-3-11-23-19)21(25)29-13-15-7-9-16(10-8-15)14-30-22(26)18-6-4-12-24-20(18)28-2/h3-12H,13-14H2,1-2H3. The van der Waals surface area contributed by atoms with Crippen LogP contribution >= 0.6 is 0 Å². The number of aromatic nitrogens is 2. The molecule has 2 aromatic heterocycles. The number of ether oxygens (including phenoxy) is 4. The molecule has 0 saturated carbocycles. The minimum atomic E-state index is -0.525. The minimum absolute atomic E-state index is 0.0871. The topological polar surface area (TPSA) is 96.8 Å². The average Bonchev–Trinajstić information content (AvgIpc) is 2.81. The average molecular weight is 408 g/mol. The van der Waals surface area contributed by atoms with Crippen LogP contribution in [0.2, 0.25) is 0 Å². The van der Waals surface area contributed by atoms with E-state index in [9.17, 15) is 9.59 Å². The normalized spacial score (nSPS) is 10.2. The Morgan fingerprint density at radius 1 is 0.700 bits per heavy atom. The van der Waals surface area contributed by atoms with Gasteiger partial charge in [0.1, 0.15) is 24.3 Å². The summed E-state index contributed by atoms with van der Waals surface area (Å²) in [5, 5.41) is 0. The van der Waals surface area contributed by atoms with Gasteiger partial charge < -0.3 is 18.9 Å². The zero-order valence-electron chi connectivity index (χ0n) is 16.5. The fraction of sp³-hybridized carbons (Fsp3) is 0.182. The van der Waals surface area contributed by atoms with Crippen LogP contribution in [-0.4, -0.2) is 36.1 Å². The van der Waals surface area contributed by atoms with Crippen LogP contribution in [0.15, 0.2) is 60.9 Å². The lowest BCUT2D eigenvalue weighted by Gasteiger charge is -2.09. The first kappa shape index (κ1) is 20.8. The Morgan fingerprint density at radius 3 is 1.47 bits per heavy atom. The first-order valence-corrected chi connectivity index (χ1v) is 9.02. The van der Waals surface area contributed by atoms with E-state index in [-0.39, 0.29) is 36.1 Å². The Kier molecular flexibility index (Phi) is 6.94. The van der Waals surface area contributed by atoms with E-state index in [1.54, 1.807) is 48.5 Å². The zero-order chi connectivity index (χ0) is 21.3. The van der Waals surface area contributed by atoms with Crippen LogP contribution in [0.4, 0.5) is 0 Å². The van der Waals surface area contributed by atoms with Gasteiger partial charge in [0.05, 0.1) is 14.2 Å². The molecule has 8 nitrogen and oxygen atoms in total. The molecule has 3 aromatic rings. The molecular weight excluding hydrogens is 388 g/mol. The quantitative estimate of drug-likeness (QED) is 0.524. The fourth-order valence-electron chi connectivity index (χ4n) is 2.60. The Labute approximate surface area is 173 Å². The lowest BCUT2D eigenvalue weighted by atomic mass is 10.1. The van der Waals surface area contributed by atoms with Crippen molar-refractivity contribution >= 4 is 11.9 Å². The maximum absolute atomic E-state index is 12.2. The molecule has 0 unspecified atom stereocenters. The Balaban J connectivity index is 1.54. The van der Waals surface area contributed by atoms with Gasteiger partial charge in [0, 0.05) is 12.4 Å². The van der Waals surface area contributed by atoms with Crippen LogP contribution in [-0.2, 0) is 22.7 Å². The number of carbonyl (C=O) groups is 2.